The molecule has 0 saturated carbocycles. The molecule has 3 aliphatic heterocycles. The Morgan fingerprint density at radius 1 is 1.25 bits per heavy atom. The van der Waals surface area contributed by atoms with E-state index in [1.165, 1.54) is 5.56 Å². The molecule has 4 N–H and O–H groups in total. The van der Waals surface area contributed by atoms with Crippen LogP contribution in [0.15, 0.2) is 18.2 Å². The van der Waals surface area contributed by atoms with Gasteiger partial charge in [0.2, 0.25) is 0 Å². The second-order valence-electron chi connectivity index (χ2n) is 10.6. The topological polar surface area (TPSA) is 144 Å². The van der Waals surface area contributed by atoms with Crippen LogP contribution in [0.25, 0.3) is 0 Å². The van der Waals surface area contributed by atoms with Crippen LogP contribution in [-0.2, 0) is 0 Å². The van der Waals surface area contributed by atoms with E-state index in [0.717, 1.165) is 64.2 Å². The van der Waals surface area contributed by atoms with E-state index in [2.05, 4.69) is 49.0 Å². The standard InChI is InChI=1S/C28H37ClN8O3/c1-2-19-17-36(27-25(29)33-24(26(31)34-27)28(39)32-8-13-38)11-12-37(19)20-5-9-35(10-6-20)22-7-14-40-23-15-18(16-30)3-4-21(22)23/h3-4,15,19-20,22,38H,2,5-14,17H2,1H3,(H2,31,34)(H,32,39)/t19-,22?/m0/s1. The van der Waals surface area contributed by atoms with E-state index in [0.29, 0.717) is 36.1 Å². The fourth-order valence-corrected chi connectivity index (χ4v) is 6.54. The van der Waals surface area contributed by atoms with Crippen molar-refractivity contribution in [3.05, 3.63) is 40.2 Å². The van der Waals surface area contributed by atoms with Gasteiger partial charge in [-0.3, -0.25) is 14.6 Å². The Morgan fingerprint density at radius 2 is 2.05 bits per heavy atom. The van der Waals surface area contributed by atoms with E-state index in [1.54, 1.807) is 0 Å². The van der Waals surface area contributed by atoms with Gasteiger partial charge in [0.05, 0.1) is 24.8 Å². The number of aliphatic hydroxyl groups excluding tert-OH is 1. The molecule has 2 atom stereocenters. The van der Waals surface area contributed by atoms with Crippen molar-refractivity contribution in [2.75, 3.05) is 63.1 Å². The molecule has 2 aromatic rings. The van der Waals surface area contributed by atoms with Gasteiger partial charge in [0.1, 0.15) is 5.75 Å². The highest BCUT2D eigenvalue weighted by atomic mass is 35.5. The van der Waals surface area contributed by atoms with Crippen molar-refractivity contribution in [1.29, 1.82) is 5.26 Å². The molecule has 3 aliphatic rings. The Kier molecular flexibility index (Phi) is 8.90. The van der Waals surface area contributed by atoms with Crippen molar-refractivity contribution in [3.63, 3.8) is 0 Å². The summed E-state index contributed by atoms with van der Waals surface area (Å²) in [6.45, 7) is 7.25. The van der Waals surface area contributed by atoms with Gasteiger partial charge in [-0.1, -0.05) is 24.6 Å². The minimum absolute atomic E-state index is 0.0243. The number of fused-ring (bicyclic) bond motifs is 1. The average molecular weight is 569 g/mol. The van der Waals surface area contributed by atoms with E-state index < -0.39 is 5.91 Å². The normalized spacial score (nSPS) is 22.3. The van der Waals surface area contributed by atoms with Gasteiger partial charge in [0.25, 0.3) is 5.91 Å². The summed E-state index contributed by atoms with van der Waals surface area (Å²) in [4.78, 5) is 28.3. The molecule has 12 heteroatoms. The Hall–Kier alpha value is -3.17. The van der Waals surface area contributed by atoms with Gasteiger partial charge in [-0.2, -0.15) is 5.26 Å². The van der Waals surface area contributed by atoms with Gasteiger partial charge < -0.3 is 25.8 Å². The summed E-state index contributed by atoms with van der Waals surface area (Å²) in [5, 5.41) is 20.9. The first-order chi connectivity index (χ1) is 19.4. The molecule has 1 amide bonds. The number of aliphatic hydroxyl groups is 1. The van der Waals surface area contributed by atoms with Crippen LogP contribution in [0.4, 0.5) is 11.6 Å². The second-order valence-corrected chi connectivity index (χ2v) is 10.9. The molecule has 2 fully saturated rings. The minimum Gasteiger partial charge on any atom is -0.493 e. The monoisotopic (exact) mass is 568 g/mol. The summed E-state index contributed by atoms with van der Waals surface area (Å²) >= 11 is 6.49. The first kappa shape index (κ1) is 28.4. The maximum Gasteiger partial charge on any atom is 0.273 e. The number of nitrogens with two attached hydrogens (primary N) is 1. The fraction of sp³-hybridized carbons (Fsp3) is 0.571. The molecule has 1 aromatic heterocycles. The number of halogens is 1. The number of nitriles is 1. The van der Waals surface area contributed by atoms with Crippen molar-refractivity contribution in [2.45, 2.75) is 50.7 Å². The number of anilines is 2. The number of aromatic nitrogens is 2. The number of hydrogen-bond acceptors (Lipinski definition) is 10. The van der Waals surface area contributed by atoms with E-state index in [9.17, 15) is 10.1 Å². The Balaban J connectivity index is 1.21. The molecular formula is C28H37ClN8O3. The summed E-state index contributed by atoms with van der Waals surface area (Å²) in [7, 11) is 0. The number of nitrogens with zero attached hydrogens (tertiary/aromatic N) is 6. The van der Waals surface area contributed by atoms with E-state index in [-0.39, 0.29) is 29.8 Å². The quantitative estimate of drug-likeness (QED) is 0.454. The van der Waals surface area contributed by atoms with Crippen LogP contribution in [0.5, 0.6) is 5.75 Å². The molecule has 0 aliphatic carbocycles. The van der Waals surface area contributed by atoms with Crippen molar-refractivity contribution < 1.29 is 14.6 Å². The third-order valence-electron chi connectivity index (χ3n) is 8.33. The number of benzene rings is 1. The summed E-state index contributed by atoms with van der Waals surface area (Å²) in [5.41, 5.74) is 7.88. The molecule has 5 rings (SSSR count). The smallest absolute Gasteiger partial charge is 0.273 e. The molecule has 40 heavy (non-hydrogen) atoms. The minimum atomic E-state index is -0.508. The molecule has 2 saturated heterocycles. The van der Waals surface area contributed by atoms with Crippen LogP contribution < -0.4 is 20.7 Å². The zero-order valence-corrected chi connectivity index (χ0v) is 23.6. The number of rotatable bonds is 7. The Morgan fingerprint density at radius 3 is 2.77 bits per heavy atom. The van der Waals surface area contributed by atoms with Gasteiger partial charge in [-0.25, -0.2) is 9.97 Å². The predicted octanol–water partition coefficient (Wildman–Crippen LogP) is 2.19. The van der Waals surface area contributed by atoms with Gasteiger partial charge in [-0.15, -0.1) is 0 Å². The number of ether oxygens (including phenoxy) is 1. The summed E-state index contributed by atoms with van der Waals surface area (Å²) in [5.74, 6) is 0.867. The maximum absolute atomic E-state index is 12.3. The third kappa shape index (κ3) is 5.81. The molecule has 4 heterocycles. The number of likely N-dealkylation sites (tertiary alicyclic amines) is 1. The average Bonchev–Trinajstić information content (AvgIpc) is 2.99. The van der Waals surface area contributed by atoms with E-state index in [4.69, 9.17) is 27.2 Å². The van der Waals surface area contributed by atoms with Crippen LogP contribution in [0, 0.1) is 11.3 Å². The lowest BCUT2D eigenvalue weighted by Crippen LogP contribution is -2.58. The lowest BCUT2D eigenvalue weighted by Gasteiger charge is -2.48. The predicted molar refractivity (Wildman–Crippen MR) is 152 cm³/mol. The van der Waals surface area contributed by atoms with Crippen molar-refractivity contribution >= 4 is 29.1 Å². The highest BCUT2D eigenvalue weighted by Gasteiger charge is 2.37. The SMILES string of the molecule is CC[C@H]1CN(c2nc(N)c(C(=O)NCCO)nc2Cl)CCN1C1CCN(C2CCOc3cc(C#N)ccc32)CC1. The summed E-state index contributed by atoms with van der Waals surface area (Å²) in [6.07, 6.45) is 4.16. The summed E-state index contributed by atoms with van der Waals surface area (Å²) in [6, 6.07) is 9.20. The third-order valence-corrected chi connectivity index (χ3v) is 8.59. The molecule has 11 nitrogen and oxygen atoms in total. The van der Waals surface area contributed by atoms with Gasteiger partial charge in [0.15, 0.2) is 22.5 Å². The number of hydrogen-bond donors (Lipinski definition) is 3. The van der Waals surface area contributed by atoms with Crippen LogP contribution in [0.3, 0.4) is 0 Å². The molecule has 214 valence electrons. The zero-order chi connectivity index (χ0) is 28.2. The lowest BCUT2D eigenvalue weighted by atomic mass is 9.93. The number of piperazine rings is 1. The molecule has 0 spiro atoms. The van der Waals surface area contributed by atoms with Gasteiger partial charge >= 0.3 is 0 Å². The molecular weight excluding hydrogens is 532 g/mol. The number of carbonyl (C=O) groups excluding carboxylic acids is 1. The highest BCUT2D eigenvalue weighted by molar-refractivity contribution is 6.32. The first-order valence-electron chi connectivity index (χ1n) is 14.1. The molecule has 0 radical (unpaired) electrons. The van der Waals surface area contributed by atoms with E-state index in [1.807, 2.05) is 12.1 Å². The maximum atomic E-state index is 12.3. The molecule has 0 bridgehead atoms. The number of nitrogen functional groups attached to an aromatic ring is 1. The van der Waals surface area contributed by atoms with E-state index >= 15 is 0 Å². The number of carbonyl (C=O) groups is 1. The zero-order valence-electron chi connectivity index (χ0n) is 22.9. The van der Waals surface area contributed by atoms with Gasteiger partial charge in [-0.05, 0) is 31.4 Å². The lowest BCUT2D eigenvalue weighted by molar-refractivity contribution is 0.0402. The highest BCUT2D eigenvalue weighted by Crippen LogP contribution is 2.38. The molecule has 1 unspecified atom stereocenters. The number of amides is 1. The van der Waals surface area contributed by atoms with Crippen LogP contribution in [0.1, 0.15) is 60.3 Å². The van der Waals surface area contributed by atoms with Crippen LogP contribution in [0.2, 0.25) is 5.15 Å². The van der Waals surface area contributed by atoms with Crippen molar-refractivity contribution in [1.82, 2.24) is 25.1 Å². The van der Waals surface area contributed by atoms with Crippen LogP contribution >= 0.6 is 11.6 Å². The molecule has 1 aromatic carbocycles. The van der Waals surface area contributed by atoms with Crippen molar-refractivity contribution in [2.24, 2.45) is 0 Å². The largest absolute Gasteiger partial charge is 0.493 e. The number of nitrogens with one attached hydrogen (secondary N) is 1. The fourth-order valence-electron chi connectivity index (χ4n) is 6.29. The number of piperidine rings is 1. The second kappa shape index (κ2) is 12.6. The summed E-state index contributed by atoms with van der Waals surface area (Å²) < 4.78 is 5.88. The first-order valence-corrected chi connectivity index (χ1v) is 14.4. The Bertz CT molecular complexity index is 1260. The van der Waals surface area contributed by atoms with Gasteiger partial charge in [0, 0.05) is 69.4 Å². The van der Waals surface area contributed by atoms with Crippen molar-refractivity contribution in [3.8, 4) is 11.8 Å². The van der Waals surface area contributed by atoms with Crippen LogP contribution in [-0.4, -0.2) is 95.3 Å². The Labute approximate surface area is 239 Å².